The molecule has 0 radical (unpaired) electrons. The second kappa shape index (κ2) is 4.47. The summed E-state index contributed by atoms with van der Waals surface area (Å²) < 4.78 is 1.44. The van der Waals surface area contributed by atoms with Crippen LogP contribution in [0.1, 0.15) is 17.4 Å². The average molecular weight is 251 g/mol. The summed E-state index contributed by atoms with van der Waals surface area (Å²) in [6, 6.07) is 0. The van der Waals surface area contributed by atoms with E-state index in [1.807, 2.05) is 6.92 Å². The Kier molecular flexibility index (Phi) is 3.00. The van der Waals surface area contributed by atoms with Gasteiger partial charge >= 0.3 is 0 Å². The van der Waals surface area contributed by atoms with Crippen molar-refractivity contribution in [2.45, 2.75) is 13.5 Å². The number of carbonyl (C=O) groups excluding carboxylic acids is 3. The minimum Gasteiger partial charge on any atom is -0.396 e. The molecule has 0 spiro atoms. The van der Waals surface area contributed by atoms with Crippen LogP contribution >= 0.6 is 0 Å². The Morgan fingerprint density at radius 2 is 2.06 bits per heavy atom. The van der Waals surface area contributed by atoms with E-state index < -0.39 is 17.7 Å². The summed E-state index contributed by atoms with van der Waals surface area (Å²) in [5.74, 6) is -1.46. The maximum Gasteiger partial charge on any atom is 0.275 e. The Bertz CT molecular complexity index is 506. The Balaban J connectivity index is 2.28. The van der Waals surface area contributed by atoms with Crippen LogP contribution in [-0.4, -0.2) is 45.5 Å². The van der Waals surface area contributed by atoms with E-state index >= 15 is 0 Å². The largest absolute Gasteiger partial charge is 0.396 e. The number of rotatable bonds is 2. The lowest BCUT2D eigenvalue weighted by atomic mass is 10.2. The van der Waals surface area contributed by atoms with Crippen molar-refractivity contribution >= 4 is 23.4 Å². The molecule has 2 heterocycles. The standard InChI is InChI=1S/C10H13N5O3/c1-2-15-9(6(11)3-12-15)10(18)14-4-7(16)13-8(17)5-14/h3H,2,4-5,11H2,1H3,(H,13,16,17). The Hall–Kier alpha value is -2.38. The van der Waals surface area contributed by atoms with Gasteiger partial charge in [-0.3, -0.25) is 24.4 Å². The van der Waals surface area contributed by atoms with Crippen molar-refractivity contribution in [2.75, 3.05) is 18.8 Å². The topological polar surface area (TPSA) is 110 Å². The predicted octanol–water partition coefficient (Wildman–Crippen LogP) is -1.42. The molecule has 0 atom stereocenters. The normalized spacial score (nSPS) is 15.7. The number of carbonyl (C=O) groups is 3. The number of nitrogens with one attached hydrogen (secondary N) is 1. The number of nitrogens with zero attached hydrogens (tertiary/aromatic N) is 3. The molecule has 2 rings (SSSR count). The summed E-state index contributed by atoms with van der Waals surface area (Å²) in [4.78, 5) is 35.8. The molecule has 0 saturated carbocycles. The highest BCUT2D eigenvalue weighted by Crippen LogP contribution is 2.14. The highest BCUT2D eigenvalue weighted by Gasteiger charge is 2.30. The van der Waals surface area contributed by atoms with E-state index in [0.29, 0.717) is 6.54 Å². The SMILES string of the molecule is CCn1ncc(N)c1C(=O)N1CC(=O)NC(=O)C1. The van der Waals surface area contributed by atoms with Crippen LogP contribution in [0.25, 0.3) is 0 Å². The van der Waals surface area contributed by atoms with Gasteiger partial charge in [0.2, 0.25) is 11.8 Å². The molecule has 1 aliphatic heterocycles. The van der Waals surface area contributed by atoms with Gasteiger partial charge in [0.15, 0.2) is 0 Å². The third-order valence-corrected chi connectivity index (χ3v) is 2.60. The van der Waals surface area contributed by atoms with Crippen LogP contribution in [0.2, 0.25) is 0 Å². The molecule has 1 fully saturated rings. The maximum atomic E-state index is 12.2. The van der Waals surface area contributed by atoms with E-state index in [-0.39, 0.29) is 24.5 Å². The molecule has 18 heavy (non-hydrogen) atoms. The third kappa shape index (κ3) is 2.04. The van der Waals surface area contributed by atoms with Crippen LogP contribution in [-0.2, 0) is 16.1 Å². The molecular formula is C10H13N5O3. The smallest absolute Gasteiger partial charge is 0.275 e. The van der Waals surface area contributed by atoms with Gasteiger partial charge in [-0.15, -0.1) is 0 Å². The van der Waals surface area contributed by atoms with Crippen LogP contribution in [0.15, 0.2) is 6.20 Å². The molecule has 3 amide bonds. The molecule has 0 aromatic carbocycles. The third-order valence-electron chi connectivity index (χ3n) is 2.60. The van der Waals surface area contributed by atoms with Gasteiger partial charge in [-0.25, -0.2) is 0 Å². The summed E-state index contributed by atoms with van der Waals surface area (Å²) in [5, 5.41) is 6.07. The van der Waals surface area contributed by atoms with E-state index in [1.54, 1.807) is 0 Å². The van der Waals surface area contributed by atoms with E-state index in [2.05, 4.69) is 10.4 Å². The number of piperazine rings is 1. The van der Waals surface area contributed by atoms with Crippen LogP contribution in [0.3, 0.4) is 0 Å². The molecule has 1 saturated heterocycles. The zero-order valence-corrected chi connectivity index (χ0v) is 9.84. The molecule has 1 aromatic heterocycles. The average Bonchev–Trinajstić information content (AvgIpc) is 2.68. The van der Waals surface area contributed by atoms with Gasteiger partial charge in [0.05, 0.1) is 11.9 Å². The number of imide groups is 1. The van der Waals surface area contributed by atoms with Gasteiger partial charge in [0, 0.05) is 6.54 Å². The first kappa shape index (κ1) is 12.1. The van der Waals surface area contributed by atoms with Gasteiger partial charge in [-0.1, -0.05) is 0 Å². The van der Waals surface area contributed by atoms with Crippen LogP contribution < -0.4 is 11.1 Å². The van der Waals surface area contributed by atoms with Crippen LogP contribution in [0.5, 0.6) is 0 Å². The second-order valence-electron chi connectivity index (χ2n) is 3.90. The molecular weight excluding hydrogens is 238 g/mol. The fourth-order valence-corrected chi connectivity index (χ4v) is 1.80. The first-order valence-electron chi connectivity index (χ1n) is 5.46. The number of nitrogen functional groups attached to an aromatic ring is 1. The van der Waals surface area contributed by atoms with Crippen molar-refractivity contribution in [3.8, 4) is 0 Å². The summed E-state index contributed by atoms with van der Waals surface area (Å²) >= 11 is 0. The first-order chi connectivity index (χ1) is 8.52. The summed E-state index contributed by atoms with van der Waals surface area (Å²) in [7, 11) is 0. The highest BCUT2D eigenvalue weighted by molar-refractivity contribution is 6.06. The van der Waals surface area contributed by atoms with Crippen molar-refractivity contribution in [2.24, 2.45) is 0 Å². The number of aryl methyl sites for hydroxylation is 1. The van der Waals surface area contributed by atoms with Crippen LogP contribution in [0, 0.1) is 0 Å². The lowest BCUT2D eigenvalue weighted by Gasteiger charge is -2.25. The molecule has 8 heteroatoms. The van der Waals surface area contributed by atoms with Gasteiger partial charge in [0.1, 0.15) is 18.8 Å². The maximum absolute atomic E-state index is 12.2. The Morgan fingerprint density at radius 1 is 1.44 bits per heavy atom. The van der Waals surface area contributed by atoms with Crippen molar-refractivity contribution in [3.05, 3.63) is 11.9 Å². The summed E-state index contributed by atoms with van der Waals surface area (Å²) in [5.41, 5.74) is 6.12. The lowest BCUT2D eigenvalue weighted by molar-refractivity contribution is -0.135. The molecule has 1 aliphatic rings. The minimum absolute atomic E-state index is 0.154. The monoisotopic (exact) mass is 251 g/mol. The van der Waals surface area contributed by atoms with Gasteiger partial charge in [-0.2, -0.15) is 5.10 Å². The van der Waals surface area contributed by atoms with Crippen molar-refractivity contribution in [3.63, 3.8) is 0 Å². The Labute approximate surface area is 103 Å². The summed E-state index contributed by atoms with van der Waals surface area (Å²) in [6.07, 6.45) is 1.38. The lowest BCUT2D eigenvalue weighted by Crippen LogP contribution is -2.53. The number of amides is 3. The number of hydrogen-bond acceptors (Lipinski definition) is 5. The second-order valence-corrected chi connectivity index (χ2v) is 3.90. The predicted molar refractivity (Wildman–Crippen MR) is 61.4 cm³/mol. The zero-order valence-electron chi connectivity index (χ0n) is 9.84. The fourth-order valence-electron chi connectivity index (χ4n) is 1.80. The molecule has 0 bridgehead atoms. The van der Waals surface area contributed by atoms with Gasteiger partial charge in [0.25, 0.3) is 5.91 Å². The summed E-state index contributed by atoms with van der Waals surface area (Å²) in [6.45, 7) is 1.99. The fraction of sp³-hybridized carbons (Fsp3) is 0.400. The van der Waals surface area contributed by atoms with Crippen LogP contribution in [0.4, 0.5) is 5.69 Å². The van der Waals surface area contributed by atoms with E-state index in [0.717, 1.165) is 4.90 Å². The Morgan fingerprint density at radius 3 is 2.61 bits per heavy atom. The van der Waals surface area contributed by atoms with Crippen molar-refractivity contribution in [1.29, 1.82) is 0 Å². The minimum atomic E-state index is -0.499. The molecule has 1 aromatic rings. The number of anilines is 1. The highest BCUT2D eigenvalue weighted by atomic mass is 16.2. The zero-order chi connectivity index (χ0) is 13.3. The molecule has 0 unspecified atom stereocenters. The first-order valence-corrected chi connectivity index (χ1v) is 5.46. The van der Waals surface area contributed by atoms with E-state index in [4.69, 9.17) is 5.73 Å². The van der Waals surface area contributed by atoms with Crippen molar-refractivity contribution in [1.82, 2.24) is 20.0 Å². The van der Waals surface area contributed by atoms with Gasteiger partial charge in [-0.05, 0) is 6.92 Å². The van der Waals surface area contributed by atoms with E-state index in [1.165, 1.54) is 10.9 Å². The van der Waals surface area contributed by atoms with E-state index in [9.17, 15) is 14.4 Å². The molecule has 96 valence electrons. The molecule has 0 aliphatic carbocycles. The number of nitrogens with two attached hydrogens (primary N) is 1. The van der Waals surface area contributed by atoms with Gasteiger partial charge < -0.3 is 10.6 Å². The molecule has 8 nitrogen and oxygen atoms in total. The number of aromatic nitrogens is 2. The quantitative estimate of drug-likeness (QED) is 0.627. The van der Waals surface area contributed by atoms with Crippen molar-refractivity contribution < 1.29 is 14.4 Å². The molecule has 3 N–H and O–H groups in total. The number of hydrogen-bond donors (Lipinski definition) is 2.